The lowest BCUT2D eigenvalue weighted by Gasteiger charge is -2.40. The van der Waals surface area contributed by atoms with Crippen molar-refractivity contribution in [2.45, 2.75) is 62.2 Å². The number of hydrogen-bond donors (Lipinski definition) is 2. The fourth-order valence-corrected chi connectivity index (χ4v) is 9.82. The normalized spacial score (nSPS) is 24.8. The van der Waals surface area contributed by atoms with Crippen LogP contribution in [0.25, 0.3) is 32.1 Å². The summed E-state index contributed by atoms with van der Waals surface area (Å²) in [7, 11) is 0. The molecule has 0 saturated carbocycles. The third-order valence-electron chi connectivity index (χ3n) is 10.6. The molecule has 3 atom stereocenters. The highest BCUT2D eigenvalue weighted by atomic mass is 35.5. The molecule has 5 aliphatic rings. The number of fused-ring (bicyclic) bond motifs is 7. The fourth-order valence-electron chi connectivity index (χ4n) is 8.57. The van der Waals surface area contributed by atoms with Crippen LogP contribution in [-0.4, -0.2) is 71.4 Å². The van der Waals surface area contributed by atoms with E-state index in [2.05, 4.69) is 26.2 Å². The molecule has 0 radical (unpaired) electrons. The predicted molar refractivity (Wildman–Crippen MR) is 169 cm³/mol. The number of nitrogens with one attached hydrogen (secondary N) is 1. The SMILES string of the molecule is N#Cc1c(N)sc2ccc(F)c(-c3c(Cl)c4c5c(nc(OCC67CCCN6CCC7)nc5c3F)N3C[C@H]5CC[C@H](N5)[C@H]3CO4)c12. The highest BCUT2D eigenvalue weighted by molar-refractivity contribution is 7.23. The van der Waals surface area contributed by atoms with Gasteiger partial charge in [0.2, 0.25) is 0 Å². The molecule has 13 heteroatoms. The fraction of sp³-hybridized carbons (Fsp3) is 0.469. The Hall–Kier alpha value is -3.50. The zero-order valence-electron chi connectivity index (χ0n) is 24.3. The summed E-state index contributed by atoms with van der Waals surface area (Å²) in [5.74, 6) is -0.843. The number of nitrogen functional groups attached to an aromatic ring is 1. The molecule has 9 rings (SSSR count). The molecule has 0 spiro atoms. The molecule has 4 saturated heterocycles. The maximum absolute atomic E-state index is 17.1. The summed E-state index contributed by atoms with van der Waals surface area (Å²) in [5.41, 5.74) is 5.74. The van der Waals surface area contributed by atoms with Gasteiger partial charge < -0.3 is 25.4 Å². The molecular weight excluding hydrogens is 620 g/mol. The number of hydrogen-bond acceptors (Lipinski definition) is 10. The van der Waals surface area contributed by atoms with Crippen LogP contribution < -0.4 is 25.4 Å². The van der Waals surface area contributed by atoms with Crippen LogP contribution in [0, 0.1) is 23.0 Å². The molecule has 2 bridgehead atoms. The molecule has 7 heterocycles. The summed E-state index contributed by atoms with van der Waals surface area (Å²) in [4.78, 5) is 14.3. The van der Waals surface area contributed by atoms with Gasteiger partial charge >= 0.3 is 6.01 Å². The predicted octanol–water partition coefficient (Wildman–Crippen LogP) is 5.61. The zero-order chi connectivity index (χ0) is 30.6. The minimum absolute atomic E-state index is 0.0544. The van der Waals surface area contributed by atoms with Crippen molar-refractivity contribution in [1.82, 2.24) is 20.2 Å². The molecule has 4 fully saturated rings. The number of rotatable bonds is 4. The van der Waals surface area contributed by atoms with E-state index in [1.807, 2.05) is 0 Å². The topological polar surface area (TPSA) is 113 Å². The van der Waals surface area contributed by atoms with Crippen LogP contribution in [0.1, 0.15) is 44.1 Å². The lowest BCUT2D eigenvalue weighted by molar-refractivity contribution is 0.108. The van der Waals surface area contributed by atoms with Gasteiger partial charge in [-0.1, -0.05) is 11.6 Å². The highest BCUT2D eigenvalue weighted by Crippen LogP contribution is 2.52. The molecule has 0 aliphatic carbocycles. The van der Waals surface area contributed by atoms with Crippen LogP contribution >= 0.6 is 22.9 Å². The first kappa shape index (κ1) is 27.8. The number of piperazine rings is 1. The summed E-state index contributed by atoms with van der Waals surface area (Å²) in [5, 5.41) is 14.3. The van der Waals surface area contributed by atoms with Crippen molar-refractivity contribution >= 4 is 54.7 Å². The molecule has 232 valence electrons. The van der Waals surface area contributed by atoms with E-state index in [9.17, 15) is 5.26 Å². The molecule has 4 aromatic rings. The third-order valence-corrected chi connectivity index (χ3v) is 12.0. The van der Waals surface area contributed by atoms with Crippen LogP contribution in [0.2, 0.25) is 5.02 Å². The van der Waals surface area contributed by atoms with Gasteiger partial charge in [-0.25, -0.2) is 8.78 Å². The van der Waals surface area contributed by atoms with Crippen molar-refractivity contribution in [1.29, 1.82) is 5.26 Å². The quantitative estimate of drug-likeness (QED) is 0.292. The second-order valence-electron chi connectivity index (χ2n) is 12.9. The number of halogens is 3. The first-order valence-corrected chi connectivity index (χ1v) is 16.7. The first-order valence-electron chi connectivity index (χ1n) is 15.5. The van der Waals surface area contributed by atoms with E-state index in [1.54, 1.807) is 0 Å². The number of nitrogens with zero attached hydrogens (tertiary/aromatic N) is 5. The third kappa shape index (κ3) is 3.94. The summed E-state index contributed by atoms with van der Waals surface area (Å²) in [6, 6.07) is 5.28. The highest BCUT2D eigenvalue weighted by Gasteiger charge is 2.46. The molecule has 9 nitrogen and oxygen atoms in total. The van der Waals surface area contributed by atoms with Crippen molar-refractivity contribution in [3.05, 3.63) is 34.4 Å². The van der Waals surface area contributed by atoms with E-state index >= 15 is 8.78 Å². The van der Waals surface area contributed by atoms with Crippen molar-refractivity contribution in [2.75, 3.05) is 43.5 Å². The minimum atomic E-state index is -0.825. The van der Waals surface area contributed by atoms with Gasteiger partial charge in [-0.15, -0.1) is 11.3 Å². The number of nitrogens with two attached hydrogens (primary N) is 1. The number of aromatic nitrogens is 2. The number of nitriles is 1. The van der Waals surface area contributed by atoms with Gasteiger partial charge in [-0.05, 0) is 63.7 Å². The van der Waals surface area contributed by atoms with Crippen molar-refractivity contribution in [3.8, 4) is 29.0 Å². The first-order chi connectivity index (χ1) is 21.9. The number of ether oxygens (including phenoxy) is 2. The lowest BCUT2D eigenvalue weighted by Crippen LogP contribution is -2.60. The van der Waals surface area contributed by atoms with E-state index in [0.717, 1.165) is 63.0 Å². The Balaban J connectivity index is 1.28. The Morgan fingerprint density at radius 3 is 2.80 bits per heavy atom. The van der Waals surface area contributed by atoms with Gasteiger partial charge in [-0.3, -0.25) is 4.90 Å². The molecule has 45 heavy (non-hydrogen) atoms. The van der Waals surface area contributed by atoms with Crippen molar-refractivity contribution < 1.29 is 18.3 Å². The average Bonchev–Trinajstić information content (AvgIpc) is 3.77. The summed E-state index contributed by atoms with van der Waals surface area (Å²) in [6.45, 7) is 3.44. The molecule has 5 aliphatic heterocycles. The molecule has 2 aromatic carbocycles. The lowest BCUT2D eigenvalue weighted by atomic mass is 9.95. The maximum Gasteiger partial charge on any atom is 0.319 e. The number of anilines is 2. The minimum Gasteiger partial charge on any atom is -0.489 e. The largest absolute Gasteiger partial charge is 0.489 e. The standard InChI is InChI=1S/C32H30ClF2N7O2S/c33-25-23(22-17(34)4-6-20-21(22)16(11-36)29(37)45-20)26(35)27-24-28(25)43-13-19-18-5-3-15(38-18)12-42(19)30(24)40-31(39-27)44-14-32-7-1-9-41(32)10-2-8-32/h4,6,15,18-19,38H,1-3,5,7-10,12-14,37H2/t15-,18+,19-/m1/s1. The van der Waals surface area contributed by atoms with Crippen LogP contribution in [0.5, 0.6) is 11.8 Å². The van der Waals surface area contributed by atoms with Gasteiger partial charge in [0.05, 0.1) is 27.6 Å². The molecular formula is C32H30ClF2N7O2S. The van der Waals surface area contributed by atoms with E-state index < -0.39 is 11.6 Å². The summed E-state index contributed by atoms with van der Waals surface area (Å²) in [6.07, 6.45) is 6.32. The van der Waals surface area contributed by atoms with E-state index in [4.69, 9.17) is 31.8 Å². The Morgan fingerprint density at radius 1 is 1.18 bits per heavy atom. The smallest absolute Gasteiger partial charge is 0.319 e. The van der Waals surface area contributed by atoms with Crippen LogP contribution in [0.4, 0.5) is 19.6 Å². The maximum atomic E-state index is 17.1. The van der Waals surface area contributed by atoms with Crippen LogP contribution in [0.3, 0.4) is 0 Å². The van der Waals surface area contributed by atoms with E-state index in [0.29, 0.717) is 29.1 Å². The molecule has 0 unspecified atom stereocenters. The summed E-state index contributed by atoms with van der Waals surface area (Å²) >= 11 is 8.18. The molecule has 0 amide bonds. The Morgan fingerprint density at radius 2 is 2.00 bits per heavy atom. The Bertz CT molecular complexity index is 1950. The van der Waals surface area contributed by atoms with Crippen LogP contribution in [-0.2, 0) is 0 Å². The number of thiophene rings is 1. The van der Waals surface area contributed by atoms with Gasteiger partial charge in [0, 0.05) is 39.8 Å². The second kappa shape index (κ2) is 10.00. The van der Waals surface area contributed by atoms with Crippen LogP contribution in [0.15, 0.2) is 12.1 Å². The summed E-state index contributed by atoms with van der Waals surface area (Å²) < 4.78 is 46.3. The van der Waals surface area contributed by atoms with E-state index in [1.165, 1.54) is 12.1 Å². The van der Waals surface area contributed by atoms with Gasteiger partial charge in [0.25, 0.3) is 0 Å². The Labute approximate surface area is 266 Å². The van der Waals surface area contributed by atoms with E-state index in [-0.39, 0.29) is 79.6 Å². The van der Waals surface area contributed by atoms with Gasteiger partial charge in [0.15, 0.2) is 11.6 Å². The monoisotopic (exact) mass is 649 g/mol. The second-order valence-corrected chi connectivity index (χ2v) is 14.4. The molecule has 3 N–H and O–H groups in total. The molecule has 2 aromatic heterocycles. The van der Waals surface area contributed by atoms with Gasteiger partial charge in [-0.2, -0.15) is 15.2 Å². The zero-order valence-corrected chi connectivity index (χ0v) is 25.9. The average molecular weight is 650 g/mol. The van der Waals surface area contributed by atoms with Gasteiger partial charge in [0.1, 0.15) is 41.4 Å². The Kier molecular flexibility index (Phi) is 6.17. The van der Waals surface area contributed by atoms with Crippen molar-refractivity contribution in [2.24, 2.45) is 0 Å². The number of benzene rings is 2. The van der Waals surface area contributed by atoms with Crippen molar-refractivity contribution in [3.63, 3.8) is 0 Å².